The molecule has 0 saturated heterocycles. The molecule has 4 nitrogen and oxygen atoms in total. The minimum absolute atomic E-state index is 0.0692. The number of hydrogen-bond acceptors (Lipinski definition) is 4. The fraction of sp³-hybridized carbons (Fsp3) is 0.938. The van der Waals surface area contributed by atoms with Gasteiger partial charge in [0.05, 0.1) is 14.2 Å². The molecule has 1 atom stereocenters. The second-order valence-electron chi connectivity index (χ2n) is 11.1. The van der Waals surface area contributed by atoms with Crippen molar-refractivity contribution < 1.29 is 19.1 Å². The molecule has 1 unspecified atom stereocenters. The van der Waals surface area contributed by atoms with Crippen molar-refractivity contribution in [3.63, 3.8) is 0 Å². The van der Waals surface area contributed by atoms with Crippen LogP contribution < -0.4 is 0 Å². The SMILES string of the molecule is COC(=O)CCCCCCCCCCCCCCC(C)CCCCCCCCCCCCC(=O)OC. The van der Waals surface area contributed by atoms with E-state index in [1.54, 1.807) is 0 Å². The Balaban J connectivity index is 3.19. The summed E-state index contributed by atoms with van der Waals surface area (Å²) in [6.07, 6.45) is 33.1. The fourth-order valence-electron chi connectivity index (χ4n) is 5.05. The molecule has 0 bridgehead atoms. The van der Waals surface area contributed by atoms with E-state index in [1.165, 1.54) is 143 Å². The van der Waals surface area contributed by atoms with Crippen molar-refractivity contribution in [2.24, 2.45) is 5.92 Å². The zero-order chi connectivity index (χ0) is 26.5. The van der Waals surface area contributed by atoms with Gasteiger partial charge >= 0.3 is 11.9 Å². The van der Waals surface area contributed by atoms with Crippen LogP contribution in [0.2, 0.25) is 0 Å². The van der Waals surface area contributed by atoms with Crippen LogP contribution in [0.1, 0.15) is 174 Å². The van der Waals surface area contributed by atoms with Crippen LogP contribution in [-0.4, -0.2) is 26.2 Å². The van der Waals surface area contributed by atoms with Gasteiger partial charge in [-0.2, -0.15) is 0 Å². The zero-order valence-electron chi connectivity index (χ0n) is 24.6. The Hall–Kier alpha value is -1.06. The van der Waals surface area contributed by atoms with Crippen LogP contribution in [0.3, 0.4) is 0 Å². The van der Waals surface area contributed by atoms with Crippen molar-refractivity contribution >= 4 is 11.9 Å². The average molecular weight is 511 g/mol. The maximum atomic E-state index is 11.1. The molecule has 0 aliphatic rings. The van der Waals surface area contributed by atoms with Crippen molar-refractivity contribution in [2.45, 2.75) is 174 Å². The summed E-state index contributed by atoms with van der Waals surface area (Å²) in [5.74, 6) is 0.767. The summed E-state index contributed by atoms with van der Waals surface area (Å²) < 4.78 is 9.34. The summed E-state index contributed by atoms with van der Waals surface area (Å²) >= 11 is 0. The molecule has 0 radical (unpaired) electrons. The first-order valence-electron chi connectivity index (χ1n) is 15.7. The Morgan fingerprint density at radius 2 is 0.639 bits per heavy atom. The lowest BCUT2D eigenvalue weighted by Gasteiger charge is -2.11. The van der Waals surface area contributed by atoms with Crippen LogP contribution in [0.4, 0.5) is 0 Å². The highest BCUT2D eigenvalue weighted by Crippen LogP contribution is 2.19. The van der Waals surface area contributed by atoms with E-state index in [2.05, 4.69) is 16.4 Å². The minimum atomic E-state index is -0.0693. The van der Waals surface area contributed by atoms with Gasteiger partial charge in [-0.1, -0.05) is 148 Å². The monoisotopic (exact) mass is 510 g/mol. The number of rotatable bonds is 28. The number of esters is 2. The molecule has 0 heterocycles. The van der Waals surface area contributed by atoms with Crippen LogP contribution in [0.5, 0.6) is 0 Å². The predicted octanol–water partition coefficient (Wildman–Crippen LogP) is 10.1. The molecule has 0 aromatic rings. The first-order valence-corrected chi connectivity index (χ1v) is 15.7. The molecule has 0 amide bonds. The van der Waals surface area contributed by atoms with E-state index in [0.717, 1.165) is 31.6 Å². The lowest BCUT2D eigenvalue weighted by molar-refractivity contribution is -0.141. The second-order valence-corrected chi connectivity index (χ2v) is 11.1. The van der Waals surface area contributed by atoms with Gasteiger partial charge in [0.2, 0.25) is 0 Å². The topological polar surface area (TPSA) is 52.6 Å². The summed E-state index contributed by atoms with van der Waals surface area (Å²) in [4.78, 5) is 22.1. The summed E-state index contributed by atoms with van der Waals surface area (Å²) in [5, 5.41) is 0. The maximum Gasteiger partial charge on any atom is 0.305 e. The number of carbonyl (C=O) groups excluding carboxylic acids is 2. The molecule has 0 aromatic carbocycles. The third-order valence-corrected chi connectivity index (χ3v) is 7.61. The first kappa shape index (κ1) is 34.9. The summed E-state index contributed by atoms with van der Waals surface area (Å²) in [5.41, 5.74) is 0. The van der Waals surface area contributed by atoms with Crippen molar-refractivity contribution in [3.05, 3.63) is 0 Å². The Labute approximate surface area is 225 Å². The van der Waals surface area contributed by atoms with E-state index in [-0.39, 0.29) is 11.9 Å². The molecule has 0 spiro atoms. The van der Waals surface area contributed by atoms with E-state index in [4.69, 9.17) is 0 Å². The number of unbranched alkanes of at least 4 members (excludes halogenated alkanes) is 20. The lowest BCUT2D eigenvalue weighted by atomic mass is 9.95. The molecule has 0 aliphatic heterocycles. The van der Waals surface area contributed by atoms with Gasteiger partial charge in [0.25, 0.3) is 0 Å². The Morgan fingerprint density at radius 3 is 0.889 bits per heavy atom. The summed E-state index contributed by atoms with van der Waals surface area (Å²) in [7, 11) is 2.94. The Kier molecular flexibility index (Phi) is 27.7. The molecule has 4 heteroatoms. The van der Waals surface area contributed by atoms with Crippen LogP contribution >= 0.6 is 0 Å². The highest BCUT2D eigenvalue weighted by molar-refractivity contribution is 5.69. The van der Waals surface area contributed by atoms with Crippen molar-refractivity contribution in [1.82, 2.24) is 0 Å². The van der Waals surface area contributed by atoms with Gasteiger partial charge in [-0.3, -0.25) is 9.59 Å². The zero-order valence-corrected chi connectivity index (χ0v) is 24.6. The van der Waals surface area contributed by atoms with E-state index in [0.29, 0.717) is 12.8 Å². The second kappa shape index (κ2) is 28.5. The van der Waals surface area contributed by atoms with Gasteiger partial charge in [-0.25, -0.2) is 0 Å². The molecule has 0 aromatic heterocycles. The number of ether oxygens (including phenoxy) is 2. The molecule has 0 N–H and O–H groups in total. The molecule has 36 heavy (non-hydrogen) atoms. The lowest BCUT2D eigenvalue weighted by Crippen LogP contribution is -1.99. The first-order chi connectivity index (χ1) is 17.6. The highest BCUT2D eigenvalue weighted by Gasteiger charge is 2.03. The van der Waals surface area contributed by atoms with Crippen molar-refractivity contribution in [2.75, 3.05) is 14.2 Å². The van der Waals surface area contributed by atoms with E-state index in [1.807, 2.05) is 0 Å². The Morgan fingerprint density at radius 1 is 0.417 bits per heavy atom. The van der Waals surface area contributed by atoms with Crippen LogP contribution in [0.15, 0.2) is 0 Å². The van der Waals surface area contributed by atoms with Gasteiger partial charge < -0.3 is 9.47 Å². The molecular formula is C32H62O4. The molecule has 0 saturated carbocycles. The van der Waals surface area contributed by atoms with Crippen LogP contribution in [0, 0.1) is 5.92 Å². The molecule has 0 fully saturated rings. The highest BCUT2D eigenvalue weighted by atomic mass is 16.5. The van der Waals surface area contributed by atoms with Crippen molar-refractivity contribution in [3.8, 4) is 0 Å². The van der Waals surface area contributed by atoms with Crippen LogP contribution in [-0.2, 0) is 19.1 Å². The summed E-state index contributed by atoms with van der Waals surface area (Å²) in [6, 6.07) is 0. The third-order valence-electron chi connectivity index (χ3n) is 7.61. The van der Waals surface area contributed by atoms with E-state index < -0.39 is 0 Å². The normalized spacial score (nSPS) is 12.0. The smallest absolute Gasteiger partial charge is 0.305 e. The molecule has 214 valence electrons. The predicted molar refractivity (Wildman–Crippen MR) is 153 cm³/mol. The number of methoxy groups -OCH3 is 2. The largest absolute Gasteiger partial charge is 0.469 e. The van der Waals surface area contributed by atoms with Gasteiger partial charge in [0.1, 0.15) is 0 Å². The van der Waals surface area contributed by atoms with Crippen molar-refractivity contribution in [1.29, 1.82) is 0 Å². The molecular weight excluding hydrogens is 448 g/mol. The minimum Gasteiger partial charge on any atom is -0.469 e. The average Bonchev–Trinajstić information content (AvgIpc) is 2.88. The number of hydrogen-bond donors (Lipinski definition) is 0. The van der Waals surface area contributed by atoms with E-state index in [9.17, 15) is 9.59 Å². The van der Waals surface area contributed by atoms with Gasteiger partial charge in [-0.05, 0) is 18.8 Å². The standard InChI is InChI=1S/C32H62O4/c1-30(27-23-19-15-11-8-9-13-17-21-25-29-32(34)36-3)26-22-18-14-10-6-4-5-7-12-16-20-24-28-31(33)35-2/h30H,4-29H2,1-3H3. The van der Waals surface area contributed by atoms with Gasteiger partial charge in [-0.15, -0.1) is 0 Å². The third kappa shape index (κ3) is 27.5. The summed E-state index contributed by atoms with van der Waals surface area (Å²) in [6.45, 7) is 2.45. The Bertz CT molecular complexity index is 477. The van der Waals surface area contributed by atoms with Gasteiger partial charge in [0.15, 0.2) is 0 Å². The van der Waals surface area contributed by atoms with E-state index >= 15 is 0 Å². The quantitative estimate of drug-likeness (QED) is 0.0776. The van der Waals surface area contributed by atoms with Crippen LogP contribution in [0.25, 0.3) is 0 Å². The molecule has 0 rings (SSSR count). The molecule has 0 aliphatic carbocycles. The number of carbonyl (C=O) groups is 2. The van der Waals surface area contributed by atoms with Gasteiger partial charge in [0, 0.05) is 12.8 Å². The maximum absolute atomic E-state index is 11.1. The fourth-order valence-corrected chi connectivity index (χ4v) is 5.05.